The van der Waals surface area contributed by atoms with E-state index in [1.807, 2.05) is 18.7 Å². The highest BCUT2D eigenvalue weighted by molar-refractivity contribution is 7.99. The topological polar surface area (TPSA) is 29.1 Å². The molecule has 0 aliphatic carbocycles. The Morgan fingerprint density at radius 1 is 1.35 bits per heavy atom. The summed E-state index contributed by atoms with van der Waals surface area (Å²) in [5.74, 6) is 3.75. The highest BCUT2D eigenvalue weighted by Gasteiger charge is 2.29. The van der Waals surface area contributed by atoms with Gasteiger partial charge in [-0.15, -0.1) is 23.2 Å². The third-order valence-electron chi connectivity index (χ3n) is 3.41. The molecule has 1 rings (SSSR count). The molecule has 1 aliphatic rings. The maximum absolute atomic E-state index is 12.0. The molecule has 0 saturated carbocycles. The van der Waals surface area contributed by atoms with Crippen molar-refractivity contribution in [2.45, 2.75) is 38.1 Å². The molecule has 1 N–H and O–H groups in total. The van der Waals surface area contributed by atoms with Crippen LogP contribution < -0.4 is 5.32 Å². The minimum atomic E-state index is -0.427. The van der Waals surface area contributed by atoms with Crippen LogP contribution in [0.4, 0.5) is 0 Å². The second kappa shape index (κ2) is 7.75. The molecule has 0 aromatic carbocycles. The van der Waals surface area contributed by atoms with E-state index < -0.39 is 5.54 Å². The molecule has 1 aliphatic heterocycles. The van der Waals surface area contributed by atoms with Crippen LogP contribution in [0.3, 0.4) is 0 Å². The second-order valence-electron chi connectivity index (χ2n) is 4.71. The molecule has 0 aromatic rings. The van der Waals surface area contributed by atoms with Crippen LogP contribution in [0.1, 0.15) is 32.6 Å². The van der Waals surface area contributed by atoms with Crippen LogP contribution in [0.25, 0.3) is 0 Å². The number of carbonyl (C=O) groups is 1. The highest BCUT2D eigenvalue weighted by Crippen LogP contribution is 2.25. The maximum atomic E-state index is 12.0. The zero-order valence-corrected chi connectivity index (χ0v) is 12.6. The summed E-state index contributed by atoms with van der Waals surface area (Å²) in [6.45, 7) is 2.00. The first-order valence-corrected chi connectivity index (χ1v) is 8.39. The fraction of sp³-hybridized carbons (Fsp3) is 0.917. The molecule has 0 atom stereocenters. The van der Waals surface area contributed by atoms with Gasteiger partial charge in [-0.05, 0) is 36.7 Å². The van der Waals surface area contributed by atoms with Gasteiger partial charge in [-0.1, -0.05) is 6.92 Å². The van der Waals surface area contributed by atoms with E-state index in [9.17, 15) is 4.79 Å². The van der Waals surface area contributed by atoms with Gasteiger partial charge in [0.25, 0.3) is 0 Å². The zero-order chi connectivity index (χ0) is 12.7. The Morgan fingerprint density at radius 2 is 1.94 bits per heavy atom. The number of carbonyl (C=O) groups excluding carboxylic acids is 1. The number of hydrogen-bond acceptors (Lipinski definition) is 2. The molecule has 1 fully saturated rings. The molecule has 0 bridgehead atoms. The summed E-state index contributed by atoms with van der Waals surface area (Å²) in [4.78, 5) is 12.0. The molecule has 1 amide bonds. The molecular formula is C12H21Cl2NOS. The average Bonchev–Trinajstić information content (AvgIpc) is 2.37. The van der Waals surface area contributed by atoms with E-state index >= 15 is 0 Å². The van der Waals surface area contributed by atoms with Gasteiger partial charge in [-0.25, -0.2) is 0 Å². The van der Waals surface area contributed by atoms with Gasteiger partial charge in [0.1, 0.15) is 0 Å². The van der Waals surface area contributed by atoms with E-state index in [1.54, 1.807) is 0 Å². The minimum Gasteiger partial charge on any atom is -0.348 e. The van der Waals surface area contributed by atoms with Crippen molar-refractivity contribution in [1.82, 2.24) is 5.32 Å². The van der Waals surface area contributed by atoms with Crippen LogP contribution in [-0.4, -0.2) is 34.7 Å². The molecule has 17 heavy (non-hydrogen) atoms. The second-order valence-corrected chi connectivity index (χ2v) is 6.47. The Balaban J connectivity index is 2.41. The fourth-order valence-electron chi connectivity index (χ4n) is 1.94. The molecule has 1 saturated heterocycles. The summed E-state index contributed by atoms with van der Waals surface area (Å²) in [6.07, 6.45) is 3.69. The number of alkyl halides is 2. The standard InChI is InChI=1S/C12H21Cl2NOS/c1-2-12(8-13,9-14)15-11(16)7-10-3-5-17-6-4-10/h10H,2-9H2,1H3,(H,15,16). The van der Waals surface area contributed by atoms with Gasteiger partial charge in [0.15, 0.2) is 0 Å². The van der Waals surface area contributed by atoms with Gasteiger partial charge in [-0.3, -0.25) is 4.79 Å². The summed E-state index contributed by atoms with van der Waals surface area (Å²) < 4.78 is 0. The summed E-state index contributed by atoms with van der Waals surface area (Å²) in [6, 6.07) is 0. The van der Waals surface area contributed by atoms with Gasteiger partial charge < -0.3 is 5.32 Å². The lowest BCUT2D eigenvalue weighted by molar-refractivity contribution is -0.123. The van der Waals surface area contributed by atoms with Gasteiger partial charge in [0, 0.05) is 18.2 Å². The SMILES string of the molecule is CCC(CCl)(CCl)NC(=O)CC1CCSCC1. The van der Waals surface area contributed by atoms with Crippen LogP contribution >= 0.6 is 35.0 Å². The molecule has 0 radical (unpaired) electrons. The summed E-state index contributed by atoms with van der Waals surface area (Å²) in [5.41, 5.74) is -0.427. The molecule has 0 unspecified atom stereocenters. The van der Waals surface area contributed by atoms with E-state index in [-0.39, 0.29) is 5.91 Å². The number of halogens is 2. The quantitative estimate of drug-likeness (QED) is 0.763. The Morgan fingerprint density at radius 3 is 2.41 bits per heavy atom. The fourth-order valence-corrected chi connectivity index (χ4v) is 3.94. The molecule has 100 valence electrons. The lowest BCUT2D eigenvalue weighted by atomic mass is 9.96. The van der Waals surface area contributed by atoms with Crippen LogP contribution in [0.5, 0.6) is 0 Å². The number of amides is 1. The molecule has 5 heteroatoms. The number of hydrogen-bond donors (Lipinski definition) is 1. The van der Waals surface area contributed by atoms with E-state index in [4.69, 9.17) is 23.2 Å². The third-order valence-corrected chi connectivity index (χ3v) is 5.48. The Hall–Kier alpha value is 0.400. The van der Waals surface area contributed by atoms with Crippen molar-refractivity contribution in [3.8, 4) is 0 Å². The van der Waals surface area contributed by atoms with Gasteiger partial charge in [0.05, 0.1) is 5.54 Å². The third kappa shape index (κ3) is 4.88. The summed E-state index contributed by atoms with van der Waals surface area (Å²) >= 11 is 13.8. The predicted molar refractivity (Wildman–Crippen MR) is 77.3 cm³/mol. The van der Waals surface area contributed by atoms with Crippen LogP contribution in [-0.2, 0) is 4.79 Å². The van der Waals surface area contributed by atoms with Crippen molar-refractivity contribution in [3.63, 3.8) is 0 Å². The first kappa shape index (κ1) is 15.5. The summed E-state index contributed by atoms with van der Waals surface area (Å²) in [5, 5.41) is 3.02. The first-order chi connectivity index (χ1) is 8.15. The van der Waals surface area contributed by atoms with E-state index in [2.05, 4.69) is 5.32 Å². The van der Waals surface area contributed by atoms with Crippen LogP contribution in [0, 0.1) is 5.92 Å². The number of thioether (sulfide) groups is 1. The van der Waals surface area contributed by atoms with Crippen molar-refractivity contribution < 1.29 is 4.79 Å². The lowest BCUT2D eigenvalue weighted by Gasteiger charge is -2.30. The average molecular weight is 298 g/mol. The van der Waals surface area contributed by atoms with Gasteiger partial charge in [0.2, 0.25) is 5.91 Å². The van der Waals surface area contributed by atoms with E-state index in [1.165, 1.54) is 11.5 Å². The number of nitrogens with one attached hydrogen (secondary N) is 1. The molecule has 0 aromatic heterocycles. The molecular weight excluding hydrogens is 277 g/mol. The highest BCUT2D eigenvalue weighted by atomic mass is 35.5. The Labute approximate surface area is 118 Å². The lowest BCUT2D eigenvalue weighted by Crippen LogP contribution is -2.51. The van der Waals surface area contributed by atoms with Crippen LogP contribution in [0.15, 0.2) is 0 Å². The van der Waals surface area contributed by atoms with Crippen molar-refractivity contribution in [3.05, 3.63) is 0 Å². The van der Waals surface area contributed by atoms with Crippen molar-refractivity contribution in [1.29, 1.82) is 0 Å². The monoisotopic (exact) mass is 297 g/mol. The summed E-state index contributed by atoms with van der Waals surface area (Å²) in [7, 11) is 0. The minimum absolute atomic E-state index is 0.102. The Kier molecular flexibility index (Phi) is 7.05. The van der Waals surface area contributed by atoms with Crippen molar-refractivity contribution in [2.75, 3.05) is 23.3 Å². The maximum Gasteiger partial charge on any atom is 0.220 e. The molecule has 1 heterocycles. The van der Waals surface area contributed by atoms with Crippen LogP contribution in [0.2, 0.25) is 0 Å². The van der Waals surface area contributed by atoms with Gasteiger partial charge in [-0.2, -0.15) is 11.8 Å². The number of rotatable bonds is 6. The van der Waals surface area contributed by atoms with E-state index in [0.29, 0.717) is 24.1 Å². The van der Waals surface area contributed by atoms with Crippen molar-refractivity contribution >= 4 is 40.9 Å². The zero-order valence-electron chi connectivity index (χ0n) is 10.3. The molecule has 2 nitrogen and oxygen atoms in total. The Bertz CT molecular complexity index is 232. The molecule has 0 spiro atoms. The van der Waals surface area contributed by atoms with Gasteiger partial charge >= 0.3 is 0 Å². The van der Waals surface area contributed by atoms with E-state index in [0.717, 1.165) is 19.3 Å². The largest absolute Gasteiger partial charge is 0.348 e. The van der Waals surface area contributed by atoms with Crippen molar-refractivity contribution in [2.24, 2.45) is 5.92 Å². The normalized spacial score (nSPS) is 18.1. The smallest absolute Gasteiger partial charge is 0.220 e. The first-order valence-electron chi connectivity index (χ1n) is 6.16. The predicted octanol–water partition coefficient (Wildman–Crippen LogP) is 3.26.